The van der Waals surface area contributed by atoms with Gasteiger partial charge >= 0.3 is 0 Å². The molecule has 1 amide bonds. The van der Waals surface area contributed by atoms with Crippen LogP contribution in [0.1, 0.15) is 29.1 Å². The number of hydrogen-bond donors (Lipinski definition) is 2. The Hall–Kier alpha value is -1.52. The summed E-state index contributed by atoms with van der Waals surface area (Å²) in [7, 11) is 0. The van der Waals surface area contributed by atoms with E-state index in [0.29, 0.717) is 17.8 Å². The van der Waals surface area contributed by atoms with Crippen LogP contribution in [0.25, 0.3) is 0 Å². The Morgan fingerprint density at radius 3 is 2.45 bits per heavy atom. The Morgan fingerprint density at radius 2 is 1.90 bits per heavy atom. The van der Waals surface area contributed by atoms with Gasteiger partial charge in [-0.1, -0.05) is 19.9 Å². The summed E-state index contributed by atoms with van der Waals surface area (Å²) in [5.41, 5.74) is 6.84. The number of halogens is 1. The van der Waals surface area contributed by atoms with Crippen molar-refractivity contribution in [2.75, 3.05) is 12.3 Å². The van der Waals surface area contributed by atoms with Crippen molar-refractivity contribution < 1.29 is 4.79 Å². The minimum absolute atomic E-state index is 0. The zero-order chi connectivity index (χ0) is 13.9. The molecule has 5 heteroatoms. The normalized spacial score (nSPS) is 10.7. The van der Waals surface area contributed by atoms with E-state index in [0.717, 1.165) is 0 Å². The van der Waals surface area contributed by atoms with Crippen LogP contribution in [0.3, 0.4) is 0 Å². The number of carbonyl (C=O) groups is 1. The van der Waals surface area contributed by atoms with E-state index in [1.807, 2.05) is 6.07 Å². The molecule has 0 atom stereocenters. The molecule has 3 nitrogen and oxygen atoms in total. The van der Waals surface area contributed by atoms with E-state index in [9.17, 15) is 4.79 Å². The van der Waals surface area contributed by atoms with Crippen LogP contribution in [0.15, 0.2) is 41.8 Å². The SMILES string of the molecule is CC(C)(CNC(=O)c1ccc(N)cc1)c1cccs1.Cl. The number of rotatable bonds is 4. The number of benzene rings is 1. The Kier molecular flexibility index (Phi) is 5.60. The van der Waals surface area contributed by atoms with Gasteiger partial charge in [0.15, 0.2) is 0 Å². The summed E-state index contributed by atoms with van der Waals surface area (Å²) in [6.45, 7) is 4.86. The van der Waals surface area contributed by atoms with Crippen LogP contribution in [0.2, 0.25) is 0 Å². The molecular formula is C15H19ClN2OS. The molecule has 0 bridgehead atoms. The van der Waals surface area contributed by atoms with Crippen LogP contribution in [0, 0.1) is 0 Å². The minimum atomic E-state index is -0.0652. The molecule has 0 saturated heterocycles. The Labute approximate surface area is 129 Å². The van der Waals surface area contributed by atoms with Crippen molar-refractivity contribution in [3.63, 3.8) is 0 Å². The lowest BCUT2D eigenvalue weighted by Gasteiger charge is -2.23. The number of hydrogen-bond acceptors (Lipinski definition) is 3. The maximum Gasteiger partial charge on any atom is 0.251 e. The molecule has 0 aliphatic heterocycles. The molecule has 2 aromatic rings. The molecule has 0 aliphatic rings. The Balaban J connectivity index is 0.00000200. The third-order valence-corrected chi connectivity index (χ3v) is 4.29. The van der Waals surface area contributed by atoms with Crippen LogP contribution in [0.5, 0.6) is 0 Å². The standard InChI is InChI=1S/C15H18N2OS.ClH/c1-15(2,13-4-3-9-19-13)10-17-14(18)11-5-7-12(16)8-6-11;/h3-9H,10,16H2,1-2H3,(H,17,18);1H. The maximum atomic E-state index is 12.0. The largest absolute Gasteiger partial charge is 0.399 e. The topological polar surface area (TPSA) is 55.1 Å². The van der Waals surface area contributed by atoms with Gasteiger partial charge in [0.2, 0.25) is 0 Å². The van der Waals surface area contributed by atoms with Crippen LogP contribution >= 0.6 is 23.7 Å². The number of carbonyl (C=O) groups excluding carboxylic acids is 1. The van der Waals surface area contributed by atoms with E-state index in [2.05, 4.69) is 30.6 Å². The average molecular weight is 311 g/mol. The van der Waals surface area contributed by atoms with Gasteiger partial charge < -0.3 is 11.1 Å². The van der Waals surface area contributed by atoms with E-state index in [1.165, 1.54) is 4.88 Å². The van der Waals surface area contributed by atoms with Crippen molar-refractivity contribution >= 4 is 35.3 Å². The minimum Gasteiger partial charge on any atom is -0.399 e. The average Bonchev–Trinajstić information content (AvgIpc) is 2.91. The first-order valence-corrected chi connectivity index (χ1v) is 7.05. The molecule has 2 rings (SSSR count). The summed E-state index contributed by atoms with van der Waals surface area (Å²) >= 11 is 1.71. The smallest absolute Gasteiger partial charge is 0.251 e. The monoisotopic (exact) mass is 310 g/mol. The lowest BCUT2D eigenvalue weighted by Crippen LogP contribution is -2.36. The van der Waals surface area contributed by atoms with Gasteiger partial charge in [0.05, 0.1) is 0 Å². The van der Waals surface area contributed by atoms with E-state index in [4.69, 9.17) is 5.73 Å². The summed E-state index contributed by atoms with van der Waals surface area (Å²) in [6, 6.07) is 11.1. The van der Waals surface area contributed by atoms with Crippen LogP contribution in [-0.4, -0.2) is 12.5 Å². The van der Waals surface area contributed by atoms with Crippen LogP contribution < -0.4 is 11.1 Å². The van der Waals surface area contributed by atoms with Gasteiger partial charge in [0.1, 0.15) is 0 Å². The summed E-state index contributed by atoms with van der Waals surface area (Å²) < 4.78 is 0. The maximum absolute atomic E-state index is 12.0. The fourth-order valence-corrected chi connectivity index (χ4v) is 2.64. The highest BCUT2D eigenvalue weighted by molar-refractivity contribution is 7.10. The first-order valence-electron chi connectivity index (χ1n) is 6.17. The molecule has 20 heavy (non-hydrogen) atoms. The van der Waals surface area contributed by atoms with Gasteiger partial charge in [-0.2, -0.15) is 0 Å². The van der Waals surface area contributed by atoms with Gasteiger partial charge in [-0.05, 0) is 35.7 Å². The molecule has 0 unspecified atom stereocenters. The lowest BCUT2D eigenvalue weighted by atomic mass is 9.91. The Bertz CT molecular complexity index is 550. The van der Waals surface area contributed by atoms with Crippen molar-refractivity contribution in [3.8, 4) is 0 Å². The van der Waals surface area contributed by atoms with Gasteiger partial charge in [-0.25, -0.2) is 0 Å². The van der Waals surface area contributed by atoms with Crippen molar-refractivity contribution in [2.45, 2.75) is 19.3 Å². The van der Waals surface area contributed by atoms with Gasteiger partial charge in [0, 0.05) is 28.1 Å². The first kappa shape index (κ1) is 16.5. The van der Waals surface area contributed by atoms with Crippen molar-refractivity contribution in [3.05, 3.63) is 52.2 Å². The van der Waals surface area contributed by atoms with E-state index >= 15 is 0 Å². The van der Waals surface area contributed by atoms with Crippen molar-refractivity contribution in [1.82, 2.24) is 5.32 Å². The van der Waals surface area contributed by atoms with E-state index in [1.54, 1.807) is 35.6 Å². The predicted octanol–water partition coefficient (Wildman–Crippen LogP) is 3.46. The number of nitrogens with two attached hydrogens (primary N) is 1. The highest BCUT2D eigenvalue weighted by Gasteiger charge is 2.22. The second-order valence-electron chi connectivity index (χ2n) is 5.17. The molecular weight excluding hydrogens is 292 g/mol. The highest BCUT2D eigenvalue weighted by Crippen LogP contribution is 2.26. The fraction of sp³-hybridized carbons (Fsp3) is 0.267. The molecule has 1 heterocycles. The van der Waals surface area contributed by atoms with Crippen molar-refractivity contribution in [1.29, 1.82) is 0 Å². The molecule has 0 fully saturated rings. The lowest BCUT2D eigenvalue weighted by molar-refractivity contribution is 0.0946. The number of thiophene rings is 1. The molecule has 3 N–H and O–H groups in total. The van der Waals surface area contributed by atoms with E-state index < -0.39 is 0 Å². The number of nitrogens with one attached hydrogen (secondary N) is 1. The highest BCUT2D eigenvalue weighted by atomic mass is 35.5. The summed E-state index contributed by atoms with van der Waals surface area (Å²) in [4.78, 5) is 13.3. The van der Waals surface area contributed by atoms with E-state index in [-0.39, 0.29) is 23.7 Å². The molecule has 1 aromatic carbocycles. The second-order valence-corrected chi connectivity index (χ2v) is 6.11. The number of anilines is 1. The molecule has 1 aromatic heterocycles. The van der Waals surface area contributed by atoms with Gasteiger partial charge in [0.25, 0.3) is 5.91 Å². The molecule has 0 aliphatic carbocycles. The molecule has 0 spiro atoms. The third kappa shape index (κ3) is 3.99. The second kappa shape index (κ2) is 6.77. The number of amides is 1. The third-order valence-electron chi connectivity index (χ3n) is 3.05. The molecule has 0 radical (unpaired) electrons. The predicted molar refractivity (Wildman–Crippen MR) is 87.8 cm³/mol. The van der Waals surface area contributed by atoms with Crippen LogP contribution in [-0.2, 0) is 5.41 Å². The van der Waals surface area contributed by atoms with Gasteiger partial charge in [-0.3, -0.25) is 4.79 Å². The van der Waals surface area contributed by atoms with Crippen LogP contribution in [0.4, 0.5) is 5.69 Å². The number of nitrogen functional groups attached to an aromatic ring is 1. The zero-order valence-corrected chi connectivity index (χ0v) is 13.2. The molecule has 108 valence electrons. The summed E-state index contributed by atoms with van der Waals surface area (Å²) in [5.74, 6) is -0.0652. The van der Waals surface area contributed by atoms with Gasteiger partial charge in [-0.15, -0.1) is 23.7 Å². The first-order chi connectivity index (χ1) is 8.99. The zero-order valence-electron chi connectivity index (χ0n) is 11.6. The summed E-state index contributed by atoms with van der Waals surface area (Å²) in [6.07, 6.45) is 0. The fourth-order valence-electron chi connectivity index (χ4n) is 1.79. The molecule has 0 saturated carbocycles. The van der Waals surface area contributed by atoms with Crippen molar-refractivity contribution in [2.24, 2.45) is 0 Å². The quantitative estimate of drug-likeness (QED) is 0.850. The Morgan fingerprint density at radius 1 is 1.25 bits per heavy atom. The summed E-state index contributed by atoms with van der Waals surface area (Å²) in [5, 5.41) is 5.03.